The van der Waals surface area contributed by atoms with Crippen LogP contribution in [0.5, 0.6) is 0 Å². The highest BCUT2D eigenvalue weighted by atomic mass is 16.2. The molecule has 1 amide bonds. The number of nitrogens with one attached hydrogen (secondary N) is 1. The summed E-state index contributed by atoms with van der Waals surface area (Å²) in [5.74, 6) is 0.214. The Hall–Kier alpha value is -1.84. The Labute approximate surface area is 126 Å². The van der Waals surface area contributed by atoms with Crippen molar-refractivity contribution < 1.29 is 9.59 Å². The standard InChI is InChI=1S/C17H24N2O2/c1-14(20)15-7-9-16(10-8-15)18-13-17(21)19-11-5-3-2-4-6-12-19/h7-10,18H,2-6,11-13H2,1H3. The third-order valence-corrected chi connectivity index (χ3v) is 3.94. The maximum Gasteiger partial charge on any atom is 0.241 e. The van der Waals surface area contributed by atoms with Gasteiger partial charge in [0, 0.05) is 24.3 Å². The second-order valence-electron chi connectivity index (χ2n) is 5.64. The third-order valence-electron chi connectivity index (χ3n) is 3.94. The average molecular weight is 288 g/mol. The number of rotatable bonds is 4. The van der Waals surface area contributed by atoms with Gasteiger partial charge in [-0.1, -0.05) is 19.3 Å². The van der Waals surface area contributed by atoms with Gasteiger partial charge in [-0.25, -0.2) is 0 Å². The molecule has 0 unspecified atom stereocenters. The van der Waals surface area contributed by atoms with Gasteiger partial charge >= 0.3 is 0 Å². The molecule has 0 aliphatic carbocycles. The molecule has 1 aliphatic rings. The van der Waals surface area contributed by atoms with Crippen molar-refractivity contribution in [1.29, 1.82) is 0 Å². The second-order valence-corrected chi connectivity index (χ2v) is 5.64. The van der Waals surface area contributed by atoms with E-state index in [4.69, 9.17) is 0 Å². The first kappa shape index (κ1) is 15.5. The van der Waals surface area contributed by atoms with Crippen LogP contribution >= 0.6 is 0 Å². The average Bonchev–Trinajstić information content (AvgIpc) is 2.45. The summed E-state index contributed by atoms with van der Waals surface area (Å²) < 4.78 is 0. The lowest BCUT2D eigenvalue weighted by molar-refractivity contribution is -0.129. The highest BCUT2D eigenvalue weighted by Crippen LogP contribution is 2.12. The van der Waals surface area contributed by atoms with Crippen molar-refractivity contribution in [3.63, 3.8) is 0 Å². The van der Waals surface area contributed by atoms with E-state index in [-0.39, 0.29) is 11.7 Å². The van der Waals surface area contributed by atoms with Crippen molar-refractivity contribution in [2.45, 2.75) is 39.0 Å². The monoisotopic (exact) mass is 288 g/mol. The Balaban J connectivity index is 1.83. The van der Waals surface area contributed by atoms with Gasteiger partial charge in [0.25, 0.3) is 0 Å². The van der Waals surface area contributed by atoms with E-state index >= 15 is 0 Å². The van der Waals surface area contributed by atoms with Crippen LogP contribution < -0.4 is 5.32 Å². The lowest BCUT2D eigenvalue weighted by atomic mass is 10.1. The molecule has 114 valence electrons. The summed E-state index contributed by atoms with van der Waals surface area (Å²) >= 11 is 0. The third kappa shape index (κ3) is 4.88. The predicted molar refractivity (Wildman–Crippen MR) is 84.6 cm³/mol. The SMILES string of the molecule is CC(=O)c1ccc(NCC(=O)N2CCCCCCC2)cc1. The molecule has 0 aromatic heterocycles. The van der Waals surface area contributed by atoms with Crippen LogP contribution in [0.3, 0.4) is 0 Å². The zero-order valence-electron chi connectivity index (χ0n) is 12.7. The van der Waals surface area contributed by atoms with Crippen LogP contribution in [0, 0.1) is 0 Å². The van der Waals surface area contributed by atoms with Crippen LogP contribution in [0.25, 0.3) is 0 Å². The number of amides is 1. The van der Waals surface area contributed by atoms with Gasteiger partial charge in [-0.2, -0.15) is 0 Å². The number of hydrogen-bond acceptors (Lipinski definition) is 3. The Morgan fingerprint density at radius 2 is 1.57 bits per heavy atom. The molecule has 1 aromatic carbocycles. The highest BCUT2D eigenvalue weighted by Gasteiger charge is 2.14. The van der Waals surface area contributed by atoms with Crippen LogP contribution in [-0.2, 0) is 4.79 Å². The number of hydrogen-bond donors (Lipinski definition) is 1. The van der Waals surface area contributed by atoms with Gasteiger partial charge in [-0.15, -0.1) is 0 Å². The first-order valence-electron chi connectivity index (χ1n) is 7.79. The van der Waals surface area contributed by atoms with E-state index in [1.807, 2.05) is 17.0 Å². The van der Waals surface area contributed by atoms with E-state index < -0.39 is 0 Å². The second kappa shape index (κ2) is 7.81. The minimum absolute atomic E-state index is 0.0539. The number of benzene rings is 1. The Morgan fingerprint density at radius 3 is 2.14 bits per heavy atom. The molecule has 1 saturated heterocycles. The van der Waals surface area contributed by atoms with Crippen molar-refractivity contribution in [3.8, 4) is 0 Å². The highest BCUT2D eigenvalue weighted by molar-refractivity contribution is 5.94. The smallest absolute Gasteiger partial charge is 0.241 e. The zero-order valence-corrected chi connectivity index (χ0v) is 12.7. The molecule has 1 aromatic rings. The van der Waals surface area contributed by atoms with E-state index in [1.165, 1.54) is 19.3 Å². The van der Waals surface area contributed by atoms with Crippen LogP contribution in [0.15, 0.2) is 24.3 Å². The van der Waals surface area contributed by atoms with Gasteiger partial charge in [0.05, 0.1) is 6.54 Å². The molecule has 1 fully saturated rings. The maximum atomic E-state index is 12.2. The predicted octanol–water partition coefficient (Wildman–Crippen LogP) is 3.09. The van der Waals surface area contributed by atoms with Gasteiger partial charge in [0.2, 0.25) is 5.91 Å². The fourth-order valence-corrected chi connectivity index (χ4v) is 2.61. The van der Waals surface area contributed by atoms with Crippen LogP contribution in [0.2, 0.25) is 0 Å². The van der Waals surface area contributed by atoms with Gasteiger partial charge in [0.1, 0.15) is 0 Å². The van der Waals surface area contributed by atoms with Crippen molar-refractivity contribution in [2.24, 2.45) is 0 Å². The first-order chi connectivity index (χ1) is 10.2. The van der Waals surface area contributed by atoms with Crippen molar-refractivity contribution in [1.82, 2.24) is 4.90 Å². The van der Waals surface area contributed by atoms with E-state index in [9.17, 15) is 9.59 Å². The molecule has 1 heterocycles. The molecule has 0 saturated carbocycles. The number of nitrogens with zero attached hydrogens (tertiary/aromatic N) is 1. The van der Waals surface area contributed by atoms with Crippen molar-refractivity contribution in [3.05, 3.63) is 29.8 Å². The summed E-state index contributed by atoms with van der Waals surface area (Å²) in [6.07, 6.45) is 5.97. The largest absolute Gasteiger partial charge is 0.376 e. The van der Waals surface area contributed by atoms with Gasteiger partial charge in [0.15, 0.2) is 5.78 Å². The molecule has 4 nitrogen and oxygen atoms in total. The minimum atomic E-state index is 0.0539. The summed E-state index contributed by atoms with van der Waals surface area (Å²) in [7, 11) is 0. The number of ketones is 1. The number of carbonyl (C=O) groups is 2. The van der Waals surface area contributed by atoms with E-state index in [0.29, 0.717) is 12.1 Å². The van der Waals surface area contributed by atoms with E-state index in [1.54, 1.807) is 19.1 Å². The molecule has 1 aliphatic heterocycles. The summed E-state index contributed by atoms with van der Waals surface area (Å²) in [5, 5.41) is 3.14. The first-order valence-corrected chi connectivity index (χ1v) is 7.79. The van der Waals surface area contributed by atoms with Crippen LogP contribution in [0.1, 0.15) is 49.4 Å². The molecule has 0 spiro atoms. The van der Waals surface area contributed by atoms with Gasteiger partial charge in [-0.3, -0.25) is 9.59 Å². The molecule has 4 heteroatoms. The quantitative estimate of drug-likeness (QED) is 0.866. The summed E-state index contributed by atoms with van der Waals surface area (Å²) in [6.45, 7) is 3.63. The Morgan fingerprint density at radius 1 is 1.00 bits per heavy atom. The molecule has 2 rings (SSSR count). The van der Waals surface area contributed by atoms with Crippen LogP contribution in [0.4, 0.5) is 5.69 Å². The Kier molecular flexibility index (Phi) is 5.78. The van der Waals surface area contributed by atoms with Crippen molar-refractivity contribution >= 4 is 17.4 Å². The molecule has 0 radical (unpaired) electrons. The lowest BCUT2D eigenvalue weighted by Gasteiger charge is -2.25. The topological polar surface area (TPSA) is 49.4 Å². The fraction of sp³-hybridized carbons (Fsp3) is 0.529. The van der Waals surface area contributed by atoms with Gasteiger partial charge in [-0.05, 0) is 44.0 Å². The summed E-state index contributed by atoms with van der Waals surface area (Å²) in [4.78, 5) is 25.4. The number of Topliss-reactive ketones (excluding diaryl/α,β-unsaturated/α-hetero) is 1. The molecular formula is C17H24N2O2. The lowest BCUT2D eigenvalue weighted by Crippen LogP contribution is -2.37. The number of anilines is 1. The molecule has 1 N–H and O–H groups in total. The molecule has 0 atom stereocenters. The molecule has 21 heavy (non-hydrogen) atoms. The molecule has 0 bridgehead atoms. The number of likely N-dealkylation sites (tertiary alicyclic amines) is 1. The van der Waals surface area contributed by atoms with E-state index in [0.717, 1.165) is 31.6 Å². The summed E-state index contributed by atoms with van der Waals surface area (Å²) in [6, 6.07) is 7.26. The van der Waals surface area contributed by atoms with Crippen LogP contribution in [-0.4, -0.2) is 36.2 Å². The zero-order chi connectivity index (χ0) is 15.1. The normalized spacial score (nSPS) is 16.0. The van der Waals surface area contributed by atoms with E-state index in [2.05, 4.69) is 5.32 Å². The summed E-state index contributed by atoms with van der Waals surface area (Å²) in [5.41, 5.74) is 1.57. The fourth-order valence-electron chi connectivity index (χ4n) is 2.61. The number of carbonyl (C=O) groups excluding carboxylic acids is 2. The maximum absolute atomic E-state index is 12.2. The Bertz CT molecular complexity index is 474. The van der Waals surface area contributed by atoms with Crippen molar-refractivity contribution in [2.75, 3.05) is 25.0 Å². The minimum Gasteiger partial charge on any atom is -0.376 e. The van der Waals surface area contributed by atoms with Gasteiger partial charge < -0.3 is 10.2 Å². The molecular weight excluding hydrogens is 264 g/mol.